The monoisotopic (exact) mass is 329 g/mol. The van der Waals surface area contributed by atoms with Crippen molar-refractivity contribution in [1.82, 2.24) is 5.32 Å². The van der Waals surface area contributed by atoms with Gasteiger partial charge in [0.1, 0.15) is 9.84 Å². The lowest BCUT2D eigenvalue weighted by Crippen LogP contribution is -2.32. The number of aryl methyl sites for hydroxylation is 1. The number of hydrogen-bond donors (Lipinski definition) is 1. The Bertz CT molecular complexity index is 498. The third kappa shape index (κ3) is 9.17. The number of benzene rings is 1. The second-order valence-electron chi connectivity index (χ2n) is 5.55. The fourth-order valence-electron chi connectivity index (χ4n) is 2.02. The predicted octanol–water partition coefficient (Wildman–Crippen LogP) is 3.28. The van der Waals surface area contributed by atoms with Crippen LogP contribution in [-0.4, -0.2) is 38.8 Å². The van der Waals surface area contributed by atoms with Crippen LogP contribution in [0.4, 0.5) is 0 Å². The van der Waals surface area contributed by atoms with E-state index in [9.17, 15) is 8.42 Å². The second-order valence-corrected chi connectivity index (χ2v) is 8.90. The Hall–Kier alpha value is -0.520. The Morgan fingerprint density at radius 3 is 2.48 bits per heavy atom. The second kappa shape index (κ2) is 9.49. The first kappa shape index (κ1) is 18.5. The van der Waals surface area contributed by atoms with E-state index in [4.69, 9.17) is 0 Å². The maximum Gasteiger partial charge on any atom is 0.147 e. The van der Waals surface area contributed by atoms with Crippen molar-refractivity contribution in [3.8, 4) is 0 Å². The summed E-state index contributed by atoms with van der Waals surface area (Å²) in [6, 6.07) is 8.92. The summed E-state index contributed by atoms with van der Waals surface area (Å²) in [4.78, 5) is 1.27. The van der Waals surface area contributed by atoms with Crippen LogP contribution in [0.25, 0.3) is 0 Å². The highest BCUT2D eigenvalue weighted by Gasteiger charge is 2.10. The van der Waals surface area contributed by atoms with E-state index in [0.29, 0.717) is 6.04 Å². The minimum atomic E-state index is -2.85. The normalized spacial score (nSPS) is 13.3. The van der Waals surface area contributed by atoms with E-state index < -0.39 is 9.84 Å². The highest BCUT2D eigenvalue weighted by molar-refractivity contribution is 7.99. The number of nitrogens with one attached hydrogen (secondary N) is 1. The number of thioether (sulfide) groups is 1. The van der Waals surface area contributed by atoms with Gasteiger partial charge in [-0.05, 0) is 44.9 Å². The molecule has 1 unspecified atom stereocenters. The molecule has 0 aromatic heterocycles. The van der Waals surface area contributed by atoms with Gasteiger partial charge in [0.15, 0.2) is 0 Å². The Balaban J connectivity index is 2.43. The van der Waals surface area contributed by atoms with Crippen molar-refractivity contribution < 1.29 is 8.42 Å². The summed E-state index contributed by atoms with van der Waals surface area (Å²) >= 11 is 1.83. The van der Waals surface area contributed by atoms with E-state index in [0.717, 1.165) is 31.6 Å². The zero-order valence-electron chi connectivity index (χ0n) is 13.3. The van der Waals surface area contributed by atoms with Crippen LogP contribution < -0.4 is 5.32 Å². The van der Waals surface area contributed by atoms with Crippen LogP contribution in [0.1, 0.15) is 31.7 Å². The molecule has 0 aliphatic carbocycles. The summed E-state index contributed by atoms with van der Waals surface area (Å²) in [5, 5.41) is 3.52. The average molecular weight is 330 g/mol. The third-order valence-electron chi connectivity index (χ3n) is 3.22. The molecular formula is C16H27NO2S2. The van der Waals surface area contributed by atoms with Crippen LogP contribution in [0.2, 0.25) is 0 Å². The van der Waals surface area contributed by atoms with Gasteiger partial charge < -0.3 is 5.32 Å². The first-order chi connectivity index (χ1) is 9.90. The van der Waals surface area contributed by atoms with Crippen molar-refractivity contribution in [3.05, 3.63) is 29.8 Å². The molecule has 1 atom stereocenters. The zero-order chi connectivity index (χ0) is 15.7. The molecule has 3 nitrogen and oxygen atoms in total. The van der Waals surface area contributed by atoms with Crippen molar-refractivity contribution in [2.24, 2.45) is 0 Å². The molecule has 0 saturated carbocycles. The van der Waals surface area contributed by atoms with Gasteiger partial charge in [0, 0.05) is 28.7 Å². The summed E-state index contributed by atoms with van der Waals surface area (Å²) in [5.41, 5.74) is 1.27. The number of sulfone groups is 1. The van der Waals surface area contributed by atoms with E-state index in [-0.39, 0.29) is 5.75 Å². The first-order valence-corrected chi connectivity index (χ1v) is 10.6. The minimum Gasteiger partial charge on any atom is -0.313 e. The van der Waals surface area contributed by atoms with E-state index in [1.807, 2.05) is 11.8 Å². The van der Waals surface area contributed by atoms with Gasteiger partial charge in [-0.2, -0.15) is 0 Å². The van der Waals surface area contributed by atoms with Crippen LogP contribution in [0, 0.1) is 6.92 Å². The summed E-state index contributed by atoms with van der Waals surface area (Å²) in [6.07, 6.45) is 4.04. The molecule has 0 fully saturated rings. The largest absolute Gasteiger partial charge is 0.313 e. The maximum atomic E-state index is 11.2. The minimum absolute atomic E-state index is 0.284. The van der Waals surface area contributed by atoms with E-state index in [1.54, 1.807) is 0 Å². The van der Waals surface area contributed by atoms with E-state index in [2.05, 4.69) is 43.4 Å². The molecule has 0 spiro atoms. The molecule has 5 heteroatoms. The Morgan fingerprint density at radius 1 is 1.24 bits per heavy atom. The van der Waals surface area contributed by atoms with Crippen LogP contribution in [0.3, 0.4) is 0 Å². The summed E-state index contributed by atoms with van der Waals surface area (Å²) in [5.74, 6) is 1.26. The lowest BCUT2D eigenvalue weighted by Gasteiger charge is -2.18. The lowest BCUT2D eigenvalue weighted by atomic mass is 10.2. The molecule has 120 valence electrons. The summed E-state index contributed by atoms with van der Waals surface area (Å²) < 4.78 is 22.4. The molecule has 1 aromatic carbocycles. The third-order valence-corrected chi connectivity index (χ3v) is 5.43. The smallest absolute Gasteiger partial charge is 0.147 e. The quantitative estimate of drug-likeness (QED) is 0.669. The van der Waals surface area contributed by atoms with Gasteiger partial charge in [0.2, 0.25) is 0 Å². The van der Waals surface area contributed by atoms with Gasteiger partial charge in [-0.15, -0.1) is 11.8 Å². The number of rotatable bonds is 10. The molecule has 0 bridgehead atoms. The molecule has 21 heavy (non-hydrogen) atoms. The van der Waals surface area contributed by atoms with Crippen molar-refractivity contribution in [1.29, 1.82) is 0 Å². The van der Waals surface area contributed by atoms with E-state index >= 15 is 0 Å². The first-order valence-electron chi connectivity index (χ1n) is 7.51. The Labute approximate surface area is 133 Å². The Morgan fingerprint density at radius 2 is 1.90 bits per heavy atom. The summed E-state index contributed by atoms with van der Waals surface area (Å²) in [7, 11) is -2.85. The van der Waals surface area contributed by atoms with Crippen molar-refractivity contribution in [3.63, 3.8) is 0 Å². The van der Waals surface area contributed by atoms with Crippen LogP contribution >= 0.6 is 11.8 Å². The van der Waals surface area contributed by atoms with Crippen molar-refractivity contribution in [2.75, 3.05) is 24.3 Å². The molecule has 0 aliphatic heterocycles. The topological polar surface area (TPSA) is 46.2 Å². The van der Waals surface area contributed by atoms with E-state index in [1.165, 1.54) is 16.7 Å². The van der Waals surface area contributed by atoms with Gasteiger partial charge in [-0.3, -0.25) is 0 Å². The average Bonchev–Trinajstić information content (AvgIpc) is 2.41. The van der Waals surface area contributed by atoms with Gasteiger partial charge in [0.05, 0.1) is 0 Å². The maximum absolute atomic E-state index is 11.2. The van der Waals surface area contributed by atoms with Crippen LogP contribution in [0.5, 0.6) is 0 Å². The lowest BCUT2D eigenvalue weighted by molar-refractivity contribution is 0.512. The fourth-order valence-corrected chi connectivity index (χ4v) is 3.71. The Kier molecular flexibility index (Phi) is 8.37. The van der Waals surface area contributed by atoms with Gasteiger partial charge in [-0.25, -0.2) is 8.42 Å². The molecule has 0 saturated heterocycles. The molecule has 1 rings (SSSR count). The highest BCUT2D eigenvalue weighted by Crippen LogP contribution is 2.20. The van der Waals surface area contributed by atoms with Crippen molar-refractivity contribution >= 4 is 21.6 Å². The summed E-state index contributed by atoms with van der Waals surface area (Å²) in [6.45, 7) is 5.22. The van der Waals surface area contributed by atoms with Crippen molar-refractivity contribution in [2.45, 2.75) is 44.0 Å². The number of hydrogen-bond acceptors (Lipinski definition) is 4. The molecule has 1 N–H and O–H groups in total. The predicted molar refractivity (Wildman–Crippen MR) is 92.9 cm³/mol. The molecule has 0 aliphatic rings. The molecular weight excluding hydrogens is 302 g/mol. The highest BCUT2D eigenvalue weighted by atomic mass is 32.2. The molecule has 1 aromatic rings. The molecule has 0 amide bonds. The van der Waals surface area contributed by atoms with Crippen LogP contribution in [0.15, 0.2) is 29.2 Å². The van der Waals surface area contributed by atoms with Gasteiger partial charge in [0.25, 0.3) is 0 Å². The fraction of sp³-hybridized carbons (Fsp3) is 0.625. The molecule has 0 radical (unpaired) electrons. The SMILES string of the molecule is CCCNC(CCCS(C)(=O)=O)CSc1ccc(C)cc1. The zero-order valence-corrected chi connectivity index (χ0v) is 14.9. The van der Waals surface area contributed by atoms with Crippen LogP contribution in [-0.2, 0) is 9.84 Å². The standard InChI is InChI=1S/C16H27NO2S2/c1-4-11-17-15(6-5-12-21(3,18)19)13-20-16-9-7-14(2)8-10-16/h7-10,15,17H,4-6,11-13H2,1-3H3. The molecule has 0 heterocycles. The van der Waals surface area contributed by atoms with Gasteiger partial charge >= 0.3 is 0 Å². The van der Waals surface area contributed by atoms with Gasteiger partial charge in [-0.1, -0.05) is 24.6 Å².